The van der Waals surface area contributed by atoms with Crippen molar-refractivity contribution in [1.82, 2.24) is 24.7 Å². The summed E-state index contributed by atoms with van der Waals surface area (Å²) >= 11 is 9.40. The highest BCUT2D eigenvalue weighted by Gasteiger charge is 2.41. The molecule has 2 aliphatic rings. The summed E-state index contributed by atoms with van der Waals surface area (Å²) in [6, 6.07) is 18.8. The van der Waals surface area contributed by atoms with Gasteiger partial charge in [0.1, 0.15) is 0 Å². The molecule has 2 fully saturated rings. The standard InChI is InChI=1S/C25H28BrN5OS/c26-19-7-9-20(10-8-19)30-13-3-6-22(30)24-23(21-5-1-2-11-27-21)28-25(33)31(24)14-4-12-29-15-17-32-18-16-29/h1-3,5-11,13,23-24H,4,12,14-18H2,(H,28,33)/t23-,24+/m1/s1. The molecule has 6 nitrogen and oxygen atoms in total. The first-order valence-electron chi connectivity index (χ1n) is 11.4. The van der Waals surface area contributed by atoms with Crippen molar-refractivity contribution < 1.29 is 4.74 Å². The van der Waals surface area contributed by atoms with Crippen molar-refractivity contribution in [2.75, 3.05) is 39.4 Å². The number of nitrogens with one attached hydrogen (secondary N) is 1. The molecule has 2 saturated heterocycles. The van der Waals surface area contributed by atoms with Crippen LogP contribution < -0.4 is 5.32 Å². The number of thiocarbonyl (C=S) groups is 1. The Morgan fingerprint density at radius 1 is 1.03 bits per heavy atom. The molecule has 0 spiro atoms. The zero-order valence-corrected chi connectivity index (χ0v) is 20.8. The van der Waals surface area contributed by atoms with Crippen molar-refractivity contribution in [1.29, 1.82) is 0 Å². The topological polar surface area (TPSA) is 45.6 Å². The number of halogens is 1. The third-order valence-corrected chi connectivity index (χ3v) is 7.24. The molecule has 33 heavy (non-hydrogen) atoms. The van der Waals surface area contributed by atoms with Crippen molar-refractivity contribution in [2.45, 2.75) is 18.5 Å². The molecule has 1 aromatic carbocycles. The van der Waals surface area contributed by atoms with Crippen LogP contribution in [0.1, 0.15) is 29.9 Å². The van der Waals surface area contributed by atoms with Crippen LogP contribution >= 0.6 is 28.1 Å². The molecule has 2 atom stereocenters. The molecule has 172 valence electrons. The summed E-state index contributed by atoms with van der Waals surface area (Å²) < 4.78 is 8.82. The predicted octanol–water partition coefficient (Wildman–Crippen LogP) is 4.33. The van der Waals surface area contributed by atoms with E-state index in [9.17, 15) is 0 Å². The summed E-state index contributed by atoms with van der Waals surface area (Å²) in [5, 5.41) is 4.37. The fourth-order valence-electron chi connectivity index (χ4n) is 4.73. The minimum atomic E-state index is -0.00816. The van der Waals surface area contributed by atoms with E-state index in [1.54, 1.807) is 0 Å². The maximum absolute atomic E-state index is 5.85. The van der Waals surface area contributed by atoms with Gasteiger partial charge in [-0.3, -0.25) is 9.88 Å². The van der Waals surface area contributed by atoms with Crippen molar-refractivity contribution in [3.8, 4) is 5.69 Å². The van der Waals surface area contributed by atoms with Crippen molar-refractivity contribution in [2.24, 2.45) is 0 Å². The maximum Gasteiger partial charge on any atom is 0.170 e. The lowest BCUT2D eigenvalue weighted by Gasteiger charge is -2.31. The van der Waals surface area contributed by atoms with E-state index in [-0.39, 0.29) is 12.1 Å². The first-order chi connectivity index (χ1) is 16.2. The molecular formula is C25H28BrN5OS. The van der Waals surface area contributed by atoms with E-state index >= 15 is 0 Å². The lowest BCUT2D eigenvalue weighted by molar-refractivity contribution is 0.0365. The van der Waals surface area contributed by atoms with Crippen LogP contribution in [0, 0.1) is 0 Å². The molecule has 2 aromatic heterocycles. The van der Waals surface area contributed by atoms with E-state index in [4.69, 9.17) is 17.0 Å². The summed E-state index contributed by atoms with van der Waals surface area (Å²) in [6.07, 6.45) is 5.03. The molecule has 8 heteroatoms. The van der Waals surface area contributed by atoms with Crippen LogP contribution in [0.25, 0.3) is 5.69 Å². The van der Waals surface area contributed by atoms with Crippen LogP contribution in [-0.2, 0) is 4.74 Å². The highest BCUT2D eigenvalue weighted by molar-refractivity contribution is 9.10. The van der Waals surface area contributed by atoms with Gasteiger partial charge in [0.15, 0.2) is 5.11 Å². The van der Waals surface area contributed by atoms with E-state index in [2.05, 4.69) is 89.3 Å². The summed E-state index contributed by atoms with van der Waals surface area (Å²) in [5.41, 5.74) is 3.33. The lowest BCUT2D eigenvalue weighted by atomic mass is 10.0. The second-order valence-electron chi connectivity index (χ2n) is 8.41. The van der Waals surface area contributed by atoms with Crippen LogP contribution in [0.3, 0.4) is 0 Å². The van der Waals surface area contributed by atoms with E-state index < -0.39 is 0 Å². The average Bonchev–Trinajstić information content (AvgIpc) is 3.45. The normalized spacial score (nSPS) is 21.4. The molecule has 0 bridgehead atoms. The van der Waals surface area contributed by atoms with Crippen LogP contribution in [-0.4, -0.2) is 63.9 Å². The van der Waals surface area contributed by atoms with Crippen molar-refractivity contribution >= 4 is 33.3 Å². The number of aromatic nitrogens is 2. The molecule has 3 aromatic rings. The molecule has 4 heterocycles. The zero-order valence-electron chi connectivity index (χ0n) is 18.4. The Kier molecular flexibility index (Phi) is 7.06. The first kappa shape index (κ1) is 22.5. The molecule has 5 rings (SSSR count). The van der Waals surface area contributed by atoms with Gasteiger partial charge in [-0.25, -0.2) is 0 Å². The molecule has 0 radical (unpaired) electrons. The van der Waals surface area contributed by atoms with E-state index in [1.165, 1.54) is 5.69 Å². The van der Waals surface area contributed by atoms with Crippen LogP contribution in [0.15, 0.2) is 71.5 Å². The van der Waals surface area contributed by atoms with Gasteiger partial charge in [0, 0.05) is 54.4 Å². The van der Waals surface area contributed by atoms with Gasteiger partial charge in [-0.05, 0) is 67.2 Å². The van der Waals surface area contributed by atoms with Crippen LogP contribution in [0.5, 0.6) is 0 Å². The van der Waals surface area contributed by atoms with Crippen LogP contribution in [0.4, 0.5) is 0 Å². The van der Waals surface area contributed by atoms with Gasteiger partial charge < -0.3 is 19.5 Å². The molecule has 0 saturated carbocycles. The van der Waals surface area contributed by atoms with Gasteiger partial charge in [0.2, 0.25) is 0 Å². The largest absolute Gasteiger partial charge is 0.379 e. The number of hydrogen-bond donors (Lipinski definition) is 1. The van der Waals surface area contributed by atoms with Gasteiger partial charge >= 0.3 is 0 Å². The van der Waals surface area contributed by atoms with Gasteiger partial charge in [0.25, 0.3) is 0 Å². The number of morpholine rings is 1. The summed E-state index contributed by atoms with van der Waals surface area (Å²) in [5.74, 6) is 0. The monoisotopic (exact) mass is 525 g/mol. The number of benzene rings is 1. The fourth-order valence-corrected chi connectivity index (χ4v) is 5.33. The Morgan fingerprint density at radius 3 is 2.61 bits per heavy atom. The molecule has 1 N–H and O–H groups in total. The number of ether oxygens (including phenoxy) is 1. The van der Waals surface area contributed by atoms with E-state index in [1.807, 2.05) is 18.3 Å². The smallest absolute Gasteiger partial charge is 0.170 e. The molecular weight excluding hydrogens is 498 g/mol. The summed E-state index contributed by atoms with van der Waals surface area (Å²) in [7, 11) is 0. The minimum absolute atomic E-state index is 0.00816. The van der Waals surface area contributed by atoms with Gasteiger partial charge in [-0.1, -0.05) is 22.0 Å². The summed E-state index contributed by atoms with van der Waals surface area (Å²) in [4.78, 5) is 9.50. The Bertz CT molecular complexity index is 1070. The molecule has 2 aliphatic heterocycles. The zero-order chi connectivity index (χ0) is 22.6. The quantitative estimate of drug-likeness (QED) is 0.463. The SMILES string of the molecule is S=C1N[C@H](c2ccccn2)[C@H](c2cccn2-c2ccc(Br)cc2)N1CCCN1CCOCC1. The minimum Gasteiger partial charge on any atom is -0.379 e. The van der Waals surface area contributed by atoms with E-state index in [0.29, 0.717) is 0 Å². The Hall–Kier alpha value is -2.26. The number of nitrogens with zero attached hydrogens (tertiary/aromatic N) is 4. The summed E-state index contributed by atoms with van der Waals surface area (Å²) in [6.45, 7) is 5.62. The van der Waals surface area contributed by atoms with E-state index in [0.717, 1.165) is 66.8 Å². The van der Waals surface area contributed by atoms with Gasteiger partial charge in [0.05, 0.1) is 31.0 Å². The highest BCUT2D eigenvalue weighted by Crippen LogP contribution is 2.39. The lowest BCUT2D eigenvalue weighted by Crippen LogP contribution is -2.39. The highest BCUT2D eigenvalue weighted by atomic mass is 79.9. The number of rotatable bonds is 7. The number of pyridine rings is 1. The average molecular weight is 527 g/mol. The fraction of sp³-hybridized carbons (Fsp3) is 0.360. The van der Waals surface area contributed by atoms with Crippen molar-refractivity contribution in [3.63, 3.8) is 0 Å². The second kappa shape index (κ2) is 10.3. The Balaban J connectivity index is 1.44. The molecule has 0 amide bonds. The van der Waals surface area contributed by atoms with Crippen molar-refractivity contribution in [3.05, 3.63) is 82.9 Å². The third kappa shape index (κ3) is 4.99. The van der Waals surface area contributed by atoms with Crippen LogP contribution in [0.2, 0.25) is 0 Å². The Morgan fingerprint density at radius 2 is 1.85 bits per heavy atom. The maximum atomic E-state index is 5.85. The first-order valence-corrected chi connectivity index (χ1v) is 12.6. The predicted molar refractivity (Wildman–Crippen MR) is 138 cm³/mol. The number of hydrogen-bond acceptors (Lipinski definition) is 4. The third-order valence-electron chi connectivity index (χ3n) is 6.36. The molecule has 0 aliphatic carbocycles. The van der Waals surface area contributed by atoms with Gasteiger partial charge in [-0.2, -0.15) is 0 Å². The second-order valence-corrected chi connectivity index (χ2v) is 9.71. The van der Waals surface area contributed by atoms with Gasteiger partial charge in [-0.15, -0.1) is 0 Å². The Labute approximate surface area is 208 Å². The molecule has 0 unspecified atom stereocenters.